The number of piperidine rings is 1. The van der Waals surface area contributed by atoms with Crippen molar-refractivity contribution >= 4 is 27.5 Å². The number of ether oxygens (including phenoxy) is 2. The number of pyridine rings is 1. The van der Waals surface area contributed by atoms with Gasteiger partial charge in [-0.2, -0.15) is 9.97 Å². The number of aryl methyl sites for hydroxylation is 1. The average Bonchev–Trinajstić information content (AvgIpc) is 3.63. The van der Waals surface area contributed by atoms with E-state index in [0.29, 0.717) is 36.3 Å². The Morgan fingerprint density at radius 2 is 1.83 bits per heavy atom. The maximum Gasteiger partial charge on any atom is 0.319 e. The lowest BCUT2D eigenvalue weighted by Gasteiger charge is -2.35. The van der Waals surface area contributed by atoms with E-state index in [1.165, 1.54) is 7.11 Å². The minimum atomic E-state index is -2.29. The first-order valence-corrected chi connectivity index (χ1v) is 16.3. The number of aromatic nitrogens is 3. The molecule has 0 aliphatic carbocycles. The highest BCUT2D eigenvalue weighted by atomic mass is 19.1. The predicted molar refractivity (Wildman–Crippen MR) is 172 cm³/mol. The maximum absolute atomic E-state index is 16.9. The molecule has 244 valence electrons. The standard InChI is InChI=1S/C35H41F2N5O4/c1-22-17-25(36)20-41(19-22)32-27-18-38-30(26-10-4-9-23-7-3-8-24(28(23)26)11-14-35(43,44)45-2)29(37)31(27)39-33(40-32)46-21-34-12-5-15-42(34)16-6-13-34/h3-4,7-10,18,22,25,43-44H,5-6,11-17,19-21H2,1-2H3. The van der Waals surface area contributed by atoms with Crippen molar-refractivity contribution in [3.05, 3.63) is 54.0 Å². The molecule has 5 heterocycles. The largest absolute Gasteiger partial charge is 0.461 e. The fraction of sp³-hybridized carbons (Fsp3) is 0.514. The summed E-state index contributed by atoms with van der Waals surface area (Å²) in [4.78, 5) is 18.4. The number of aliphatic hydroxyl groups is 2. The molecule has 2 N–H and O–H groups in total. The molecule has 11 heteroatoms. The highest BCUT2D eigenvalue weighted by molar-refractivity contribution is 6.00. The molecule has 46 heavy (non-hydrogen) atoms. The Morgan fingerprint density at radius 1 is 1.07 bits per heavy atom. The van der Waals surface area contributed by atoms with Gasteiger partial charge in [-0.1, -0.05) is 43.3 Å². The van der Waals surface area contributed by atoms with Crippen molar-refractivity contribution in [1.29, 1.82) is 0 Å². The van der Waals surface area contributed by atoms with Crippen LogP contribution in [-0.4, -0.2) is 87.6 Å². The molecular formula is C35H41F2N5O4. The lowest BCUT2D eigenvalue weighted by Crippen LogP contribution is -2.43. The lowest BCUT2D eigenvalue weighted by molar-refractivity contribution is -0.328. The van der Waals surface area contributed by atoms with Gasteiger partial charge in [0.25, 0.3) is 5.97 Å². The van der Waals surface area contributed by atoms with E-state index in [1.807, 2.05) is 42.2 Å². The van der Waals surface area contributed by atoms with Gasteiger partial charge in [-0.3, -0.25) is 9.88 Å². The van der Waals surface area contributed by atoms with Crippen LogP contribution in [0.15, 0.2) is 42.6 Å². The zero-order valence-electron chi connectivity index (χ0n) is 26.4. The van der Waals surface area contributed by atoms with Gasteiger partial charge >= 0.3 is 6.01 Å². The Bertz CT molecular complexity index is 1730. The SMILES string of the molecule is COC(O)(O)CCc1cccc2cccc(-c3ncc4c(N5CC(C)CC(F)C5)nc(OCC56CCCN5CCC6)nc4c3F)c12. The van der Waals surface area contributed by atoms with Crippen molar-refractivity contribution in [3.8, 4) is 17.3 Å². The van der Waals surface area contributed by atoms with Crippen LogP contribution >= 0.6 is 0 Å². The Labute approximate surface area is 267 Å². The maximum atomic E-state index is 16.9. The number of fused-ring (bicyclic) bond motifs is 3. The minimum Gasteiger partial charge on any atom is -0.461 e. The third-order valence-electron chi connectivity index (χ3n) is 10.1. The molecule has 2 aromatic heterocycles. The number of hydrogen-bond donors (Lipinski definition) is 2. The summed E-state index contributed by atoms with van der Waals surface area (Å²) in [5.41, 5.74) is 1.48. The minimum absolute atomic E-state index is 0.0486. The van der Waals surface area contributed by atoms with Crippen LogP contribution in [0.4, 0.5) is 14.6 Å². The van der Waals surface area contributed by atoms with E-state index >= 15 is 4.39 Å². The lowest BCUT2D eigenvalue weighted by atomic mass is 9.94. The van der Waals surface area contributed by atoms with Crippen LogP contribution in [-0.2, 0) is 11.2 Å². The quantitative estimate of drug-likeness (QED) is 0.235. The molecular weight excluding hydrogens is 592 g/mol. The Balaban J connectivity index is 1.33. The van der Waals surface area contributed by atoms with Crippen LogP contribution in [0, 0.1) is 11.7 Å². The Hall–Kier alpha value is -3.51. The van der Waals surface area contributed by atoms with Gasteiger partial charge in [0.05, 0.1) is 17.5 Å². The van der Waals surface area contributed by atoms with Crippen molar-refractivity contribution in [1.82, 2.24) is 19.9 Å². The van der Waals surface area contributed by atoms with E-state index in [-0.39, 0.29) is 48.1 Å². The molecule has 3 saturated heterocycles. The number of halogens is 2. The number of hydrogen-bond acceptors (Lipinski definition) is 9. The summed E-state index contributed by atoms with van der Waals surface area (Å²) in [6, 6.07) is 11.3. The van der Waals surface area contributed by atoms with Gasteiger partial charge in [0.1, 0.15) is 29.8 Å². The van der Waals surface area contributed by atoms with Gasteiger partial charge in [-0.15, -0.1) is 0 Å². The molecule has 3 aliphatic heterocycles. The monoisotopic (exact) mass is 633 g/mol. The number of nitrogens with zero attached hydrogens (tertiary/aromatic N) is 5. The topological polar surface area (TPSA) is 104 Å². The zero-order valence-corrected chi connectivity index (χ0v) is 26.4. The second-order valence-corrected chi connectivity index (χ2v) is 13.3. The van der Waals surface area contributed by atoms with Crippen molar-refractivity contribution in [2.75, 3.05) is 44.8 Å². The normalized spacial score (nSPS) is 21.7. The number of anilines is 1. The van der Waals surface area contributed by atoms with Gasteiger partial charge in [0, 0.05) is 31.8 Å². The van der Waals surface area contributed by atoms with E-state index < -0.39 is 18.0 Å². The summed E-state index contributed by atoms with van der Waals surface area (Å²) < 4.78 is 42.8. The summed E-state index contributed by atoms with van der Waals surface area (Å²) >= 11 is 0. The summed E-state index contributed by atoms with van der Waals surface area (Å²) in [5.74, 6) is -2.37. The second kappa shape index (κ2) is 12.3. The van der Waals surface area contributed by atoms with Crippen LogP contribution in [0.5, 0.6) is 6.01 Å². The number of benzene rings is 2. The Morgan fingerprint density at radius 3 is 2.57 bits per heavy atom. The molecule has 0 saturated carbocycles. The van der Waals surface area contributed by atoms with E-state index in [9.17, 15) is 14.6 Å². The van der Waals surface area contributed by atoms with E-state index in [1.54, 1.807) is 12.3 Å². The van der Waals surface area contributed by atoms with Crippen LogP contribution in [0.1, 0.15) is 51.0 Å². The zero-order chi connectivity index (χ0) is 32.1. The fourth-order valence-electron chi connectivity index (χ4n) is 7.85. The van der Waals surface area contributed by atoms with E-state index in [2.05, 4.69) is 14.9 Å². The molecule has 3 aliphatic rings. The summed E-state index contributed by atoms with van der Waals surface area (Å²) in [5, 5.41) is 22.1. The molecule has 9 nitrogen and oxygen atoms in total. The van der Waals surface area contributed by atoms with Gasteiger partial charge in [-0.05, 0) is 73.9 Å². The summed E-state index contributed by atoms with van der Waals surface area (Å²) in [6.07, 6.45) is 5.55. The van der Waals surface area contributed by atoms with Crippen molar-refractivity contribution in [3.63, 3.8) is 0 Å². The highest BCUT2D eigenvalue weighted by Crippen LogP contribution is 2.40. The van der Waals surface area contributed by atoms with Gasteiger partial charge in [-0.25, -0.2) is 8.78 Å². The van der Waals surface area contributed by atoms with E-state index in [0.717, 1.165) is 55.1 Å². The molecule has 3 fully saturated rings. The average molecular weight is 634 g/mol. The number of alkyl halides is 1. The molecule has 2 unspecified atom stereocenters. The first-order chi connectivity index (χ1) is 22.2. The third kappa shape index (κ3) is 5.78. The van der Waals surface area contributed by atoms with Crippen LogP contribution in [0.3, 0.4) is 0 Å². The van der Waals surface area contributed by atoms with Gasteiger partial charge < -0.3 is 24.6 Å². The number of methoxy groups -OCH3 is 1. The van der Waals surface area contributed by atoms with Crippen molar-refractivity contribution in [2.24, 2.45) is 5.92 Å². The molecule has 0 spiro atoms. The van der Waals surface area contributed by atoms with Gasteiger partial charge in [0.2, 0.25) is 0 Å². The van der Waals surface area contributed by atoms with Crippen LogP contribution in [0.25, 0.3) is 32.9 Å². The van der Waals surface area contributed by atoms with E-state index in [4.69, 9.17) is 14.5 Å². The first-order valence-electron chi connectivity index (χ1n) is 16.3. The van der Waals surface area contributed by atoms with Crippen molar-refractivity contribution in [2.45, 2.75) is 69.6 Å². The highest BCUT2D eigenvalue weighted by Gasteiger charge is 2.45. The number of rotatable bonds is 9. The fourth-order valence-corrected chi connectivity index (χ4v) is 7.85. The van der Waals surface area contributed by atoms with Gasteiger partial charge in [0.15, 0.2) is 5.82 Å². The first kappa shape index (κ1) is 31.1. The summed E-state index contributed by atoms with van der Waals surface area (Å²) in [7, 11) is 1.23. The molecule has 0 amide bonds. The molecule has 2 atom stereocenters. The molecule has 2 aromatic carbocycles. The third-order valence-corrected chi connectivity index (χ3v) is 10.1. The molecule has 0 bridgehead atoms. The molecule has 4 aromatic rings. The Kier molecular flexibility index (Phi) is 8.29. The van der Waals surface area contributed by atoms with Crippen molar-refractivity contribution < 1.29 is 28.5 Å². The van der Waals surface area contributed by atoms with Crippen LogP contribution < -0.4 is 9.64 Å². The molecule has 0 radical (unpaired) electrons. The molecule has 7 rings (SSSR count). The smallest absolute Gasteiger partial charge is 0.319 e. The summed E-state index contributed by atoms with van der Waals surface area (Å²) in [6.45, 7) is 5.27. The predicted octanol–water partition coefficient (Wildman–Crippen LogP) is 5.39. The second-order valence-electron chi connectivity index (χ2n) is 13.3. The van der Waals surface area contributed by atoms with Crippen LogP contribution in [0.2, 0.25) is 0 Å².